The number of nitrogens with one attached hydrogen (secondary N) is 2. The Hall–Kier alpha value is -1.11. The molecule has 0 saturated carbocycles. The second-order valence-corrected chi connectivity index (χ2v) is 6.87. The van der Waals surface area contributed by atoms with Crippen LogP contribution in [0.1, 0.15) is 30.6 Å². The predicted octanol–water partition coefficient (Wildman–Crippen LogP) is 2.02. The summed E-state index contributed by atoms with van der Waals surface area (Å²) in [5.74, 6) is 0.599. The molecule has 0 atom stereocenters. The van der Waals surface area contributed by atoms with Crippen molar-refractivity contribution in [3.8, 4) is 0 Å². The highest BCUT2D eigenvalue weighted by atomic mass is 35.5. The second kappa shape index (κ2) is 10.6. The summed E-state index contributed by atoms with van der Waals surface area (Å²) in [4.78, 5) is 26.6. The Labute approximate surface area is 148 Å². The van der Waals surface area contributed by atoms with E-state index in [1.807, 2.05) is 17.5 Å². The van der Waals surface area contributed by atoms with E-state index in [0.29, 0.717) is 18.9 Å². The fraction of sp³-hybridized carbons (Fsp3) is 0.625. The maximum atomic E-state index is 12.1. The number of carbonyl (C=O) groups is 2. The average Bonchev–Trinajstić information content (AvgIpc) is 3.05. The van der Waals surface area contributed by atoms with E-state index in [9.17, 15) is 9.59 Å². The number of halogens is 1. The number of likely N-dealkylation sites (N-methyl/N-ethyl adjacent to an activating group) is 1. The number of rotatable bonds is 7. The molecule has 2 N–H and O–H groups in total. The quantitative estimate of drug-likeness (QED) is 0.783. The molecule has 0 radical (unpaired) electrons. The first-order chi connectivity index (χ1) is 10.6. The van der Waals surface area contributed by atoms with Gasteiger partial charge in [0.25, 0.3) is 0 Å². The number of hydrogen-bond donors (Lipinski definition) is 2. The molecule has 5 nitrogen and oxygen atoms in total. The van der Waals surface area contributed by atoms with Gasteiger partial charge in [-0.25, -0.2) is 0 Å². The first kappa shape index (κ1) is 19.9. The monoisotopic (exact) mass is 359 g/mol. The Balaban J connectivity index is 0.00000264. The Morgan fingerprint density at radius 3 is 2.78 bits per heavy atom. The molecule has 2 amide bonds. The average molecular weight is 360 g/mol. The van der Waals surface area contributed by atoms with Gasteiger partial charge in [0, 0.05) is 18.3 Å². The zero-order valence-corrected chi connectivity index (χ0v) is 15.2. The molecule has 1 aromatic heterocycles. The molecule has 2 heterocycles. The van der Waals surface area contributed by atoms with Gasteiger partial charge >= 0.3 is 0 Å². The number of piperidine rings is 1. The lowest BCUT2D eigenvalue weighted by molar-refractivity contribution is -0.135. The zero-order valence-electron chi connectivity index (χ0n) is 13.5. The molecule has 2 rings (SSSR count). The lowest BCUT2D eigenvalue weighted by atomic mass is 9.93. The molecule has 0 bridgehead atoms. The molecule has 1 aliphatic rings. The Morgan fingerprint density at radius 2 is 2.13 bits per heavy atom. The van der Waals surface area contributed by atoms with Gasteiger partial charge < -0.3 is 15.5 Å². The largest absolute Gasteiger partial charge is 0.350 e. The molecule has 0 spiro atoms. The first-order valence-corrected chi connectivity index (χ1v) is 8.77. The van der Waals surface area contributed by atoms with E-state index in [1.165, 1.54) is 4.90 Å². The summed E-state index contributed by atoms with van der Waals surface area (Å²) in [6.07, 6.45) is 3.78. The van der Waals surface area contributed by atoms with Crippen molar-refractivity contribution in [1.82, 2.24) is 15.5 Å². The van der Waals surface area contributed by atoms with Crippen molar-refractivity contribution in [3.63, 3.8) is 0 Å². The van der Waals surface area contributed by atoms with Crippen LogP contribution in [-0.4, -0.2) is 43.4 Å². The zero-order chi connectivity index (χ0) is 15.8. The third kappa shape index (κ3) is 7.33. The van der Waals surface area contributed by atoms with Gasteiger partial charge in [0.15, 0.2) is 0 Å². The van der Waals surface area contributed by atoms with Crippen LogP contribution in [0.3, 0.4) is 0 Å². The van der Waals surface area contributed by atoms with Gasteiger partial charge in [-0.3, -0.25) is 9.59 Å². The summed E-state index contributed by atoms with van der Waals surface area (Å²) in [6.45, 7) is 2.78. The minimum atomic E-state index is -0.105. The third-order valence-corrected chi connectivity index (χ3v) is 4.95. The topological polar surface area (TPSA) is 61.4 Å². The van der Waals surface area contributed by atoms with Gasteiger partial charge in [-0.2, -0.15) is 0 Å². The Morgan fingerprint density at radius 1 is 1.39 bits per heavy atom. The minimum absolute atomic E-state index is 0. The highest BCUT2D eigenvalue weighted by molar-refractivity contribution is 7.09. The van der Waals surface area contributed by atoms with Crippen LogP contribution in [-0.2, 0) is 16.1 Å². The molecule has 1 aliphatic heterocycles. The summed E-state index contributed by atoms with van der Waals surface area (Å²) < 4.78 is 0. The molecular weight excluding hydrogens is 334 g/mol. The standard InChI is InChI=1S/C16H25N3O2S.ClH/c1-19(12-15(20)18-11-14-3-2-10-22-14)16(21)5-4-13-6-8-17-9-7-13;/h2-3,10,13,17H,4-9,11-12H2,1H3,(H,18,20);1H. The smallest absolute Gasteiger partial charge is 0.239 e. The summed E-state index contributed by atoms with van der Waals surface area (Å²) in [5.41, 5.74) is 0. The van der Waals surface area contributed by atoms with Crippen LogP contribution in [0.5, 0.6) is 0 Å². The van der Waals surface area contributed by atoms with Crippen LogP contribution < -0.4 is 10.6 Å². The van der Waals surface area contributed by atoms with Crippen molar-refractivity contribution in [3.05, 3.63) is 22.4 Å². The number of thiophene rings is 1. The molecule has 0 aromatic carbocycles. The lowest BCUT2D eigenvalue weighted by Gasteiger charge is -2.23. The minimum Gasteiger partial charge on any atom is -0.350 e. The highest BCUT2D eigenvalue weighted by Gasteiger charge is 2.17. The molecule has 0 unspecified atom stereocenters. The maximum Gasteiger partial charge on any atom is 0.239 e. The van der Waals surface area contributed by atoms with E-state index in [1.54, 1.807) is 18.4 Å². The molecule has 1 saturated heterocycles. The molecular formula is C16H26ClN3O2S. The van der Waals surface area contributed by atoms with Gasteiger partial charge in [-0.1, -0.05) is 6.07 Å². The molecule has 7 heteroatoms. The van der Waals surface area contributed by atoms with E-state index < -0.39 is 0 Å². The van der Waals surface area contributed by atoms with Gasteiger partial charge in [0.05, 0.1) is 13.1 Å². The summed E-state index contributed by atoms with van der Waals surface area (Å²) in [6, 6.07) is 3.95. The van der Waals surface area contributed by atoms with E-state index >= 15 is 0 Å². The van der Waals surface area contributed by atoms with E-state index in [-0.39, 0.29) is 30.8 Å². The Bertz CT molecular complexity index is 476. The SMILES string of the molecule is CN(CC(=O)NCc1cccs1)C(=O)CCC1CCNCC1.Cl. The van der Waals surface area contributed by atoms with Crippen molar-refractivity contribution in [2.24, 2.45) is 5.92 Å². The number of nitrogens with zero attached hydrogens (tertiary/aromatic N) is 1. The second-order valence-electron chi connectivity index (χ2n) is 5.84. The van der Waals surface area contributed by atoms with Crippen LogP contribution in [0.2, 0.25) is 0 Å². The fourth-order valence-corrected chi connectivity index (χ4v) is 3.29. The molecule has 130 valence electrons. The normalized spacial score (nSPS) is 14.8. The number of carbonyl (C=O) groups excluding carboxylic acids is 2. The number of hydrogen-bond acceptors (Lipinski definition) is 4. The van der Waals surface area contributed by atoms with E-state index in [2.05, 4.69) is 10.6 Å². The summed E-state index contributed by atoms with van der Waals surface area (Å²) in [5, 5.41) is 8.16. The van der Waals surface area contributed by atoms with Crippen LogP contribution in [0.15, 0.2) is 17.5 Å². The third-order valence-electron chi connectivity index (χ3n) is 4.07. The van der Waals surface area contributed by atoms with Crippen molar-refractivity contribution >= 4 is 35.6 Å². The fourth-order valence-electron chi connectivity index (χ4n) is 2.65. The number of amides is 2. The highest BCUT2D eigenvalue weighted by Crippen LogP contribution is 2.18. The van der Waals surface area contributed by atoms with Crippen LogP contribution >= 0.6 is 23.7 Å². The maximum absolute atomic E-state index is 12.1. The lowest BCUT2D eigenvalue weighted by Crippen LogP contribution is -2.38. The van der Waals surface area contributed by atoms with Gasteiger partial charge in [-0.05, 0) is 49.7 Å². The van der Waals surface area contributed by atoms with Crippen LogP contribution in [0.25, 0.3) is 0 Å². The molecule has 1 aromatic rings. The summed E-state index contributed by atoms with van der Waals surface area (Å²) in [7, 11) is 1.70. The molecule has 0 aliphatic carbocycles. The van der Waals surface area contributed by atoms with Crippen molar-refractivity contribution in [2.75, 3.05) is 26.7 Å². The van der Waals surface area contributed by atoms with Crippen molar-refractivity contribution in [2.45, 2.75) is 32.2 Å². The van der Waals surface area contributed by atoms with Crippen molar-refractivity contribution in [1.29, 1.82) is 0 Å². The van der Waals surface area contributed by atoms with E-state index in [0.717, 1.165) is 37.2 Å². The van der Waals surface area contributed by atoms with Crippen molar-refractivity contribution < 1.29 is 9.59 Å². The first-order valence-electron chi connectivity index (χ1n) is 7.89. The van der Waals surface area contributed by atoms with Crippen LogP contribution in [0.4, 0.5) is 0 Å². The van der Waals surface area contributed by atoms with E-state index in [4.69, 9.17) is 0 Å². The van der Waals surface area contributed by atoms with Gasteiger partial charge in [0.2, 0.25) is 11.8 Å². The van der Waals surface area contributed by atoms with Gasteiger partial charge in [0.1, 0.15) is 0 Å². The van der Waals surface area contributed by atoms with Gasteiger partial charge in [-0.15, -0.1) is 23.7 Å². The molecule has 23 heavy (non-hydrogen) atoms. The molecule has 1 fully saturated rings. The summed E-state index contributed by atoms with van der Waals surface area (Å²) >= 11 is 1.61. The predicted molar refractivity (Wildman–Crippen MR) is 95.9 cm³/mol. The van der Waals surface area contributed by atoms with Crippen LogP contribution in [0, 0.1) is 5.92 Å². The Kier molecular flexibility index (Phi) is 9.21.